The largest absolute Gasteiger partial charge is 0.490 e. The first kappa shape index (κ1) is 18.9. The van der Waals surface area contributed by atoms with E-state index in [1.807, 2.05) is 53.4 Å². The molecule has 0 bridgehead atoms. The van der Waals surface area contributed by atoms with Gasteiger partial charge in [0.1, 0.15) is 17.6 Å². The molecule has 2 aromatic carbocycles. The van der Waals surface area contributed by atoms with Crippen LogP contribution in [0.3, 0.4) is 0 Å². The molecule has 1 heterocycles. The number of hydrogen-bond donors (Lipinski definition) is 0. The van der Waals surface area contributed by atoms with E-state index in [2.05, 4.69) is 6.58 Å². The molecule has 3 rings (SSSR count). The van der Waals surface area contributed by atoms with Crippen LogP contribution in [-0.2, 0) is 16.0 Å². The maximum atomic E-state index is 11.6. The molecule has 0 spiro atoms. The van der Waals surface area contributed by atoms with Gasteiger partial charge < -0.3 is 9.64 Å². The Morgan fingerprint density at radius 3 is 2.11 bits per heavy atom. The molecule has 0 aromatic heterocycles. The summed E-state index contributed by atoms with van der Waals surface area (Å²) in [7, 11) is 0. The summed E-state index contributed by atoms with van der Waals surface area (Å²) in [6.07, 6.45) is 3.64. The van der Waals surface area contributed by atoms with Gasteiger partial charge in [0, 0.05) is 32.4 Å². The van der Waals surface area contributed by atoms with Gasteiger partial charge in [-0.15, -0.1) is 0 Å². The fraction of sp³-hybridized carbons (Fsp3) is 0.304. The molecule has 1 aliphatic heterocycles. The summed E-state index contributed by atoms with van der Waals surface area (Å²) in [5, 5.41) is 0. The Bertz CT molecular complexity index is 801. The predicted molar refractivity (Wildman–Crippen MR) is 107 cm³/mol. The van der Waals surface area contributed by atoms with Crippen LogP contribution in [0.2, 0.25) is 0 Å². The third-order valence-corrected chi connectivity index (χ3v) is 4.83. The molecule has 0 N–H and O–H groups in total. The molecular formula is C23H25NO3. The monoisotopic (exact) mass is 363 g/mol. The van der Waals surface area contributed by atoms with E-state index in [4.69, 9.17) is 4.74 Å². The molecule has 1 aliphatic rings. The quantitative estimate of drug-likeness (QED) is 0.728. The number of hydrogen-bond acceptors (Lipinski definition) is 3. The van der Waals surface area contributed by atoms with Crippen molar-refractivity contribution >= 4 is 11.7 Å². The number of Topliss-reactive ketones (excluding diaryl/α,β-unsaturated/α-hetero) is 1. The number of carbonyl (C=O) groups is 2. The minimum absolute atomic E-state index is 0.00729. The van der Waals surface area contributed by atoms with E-state index in [-0.39, 0.29) is 17.8 Å². The average Bonchev–Trinajstić information content (AvgIpc) is 2.69. The summed E-state index contributed by atoms with van der Waals surface area (Å²) in [6, 6.07) is 16.2. The Morgan fingerprint density at radius 1 is 1.04 bits per heavy atom. The fourth-order valence-electron chi connectivity index (χ4n) is 3.34. The summed E-state index contributed by atoms with van der Waals surface area (Å²) in [4.78, 5) is 24.6. The van der Waals surface area contributed by atoms with Crippen molar-refractivity contribution in [3.63, 3.8) is 0 Å². The van der Waals surface area contributed by atoms with Gasteiger partial charge in [-0.1, -0.05) is 43.0 Å². The highest BCUT2D eigenvalue weighted by Crippen LogP contribution is 2.25. The van der Waals surface area contributed by atoms with Crippen molar-refractivity contribution in [1.82, 2.24) is 4.90 Å². The zero-order valence-corrected chi connectivity index (χ0v) is 15.7. The van der Waals surface area contributed by atoms with Crippen molar-refractivity contribution < 1.29 is 14.3 Å². The second-order valence-corrected chi connectivity index (χ2v) is 6.95. The van der Waals surface area contributed by atoms with E-state index in [1.165, 1.54) is 6.08 Å². The first-order chi connectivity index (χ1) is 13.0. The molecule has 4 nitrogen and oxygen atoms in total. The SMILES string of the molecule is C=CC(=O)N1CCC(Oc2ccc(-c3ccc(CC(C)=O)cc3)cc2)CC1. The third kappa shape index (κ3) is 5.07. The zero-order valence-electron chi connectivity index (χ0n) is 15.7. The molecular weight excluding hydrogens is 338 g/mol. The summed E-state index contributed by atoms with van der Waals surface area (Å²) < 4.78 is 6.07. The maximum absolute atomic E-state index is 11.6. The number of ether oxygens (including phenoxy) is 1. The van der Waals surface area contributed by atoms with Crippen molar-refractivity contribution in [3.05, 3.63) is 66.7 Å². The van der Waals surface area contributed by atoms with Crippen LogP contribution in [0.4, 0.5) is 0 Å². The van der Waals surface area contributed by atoms with Crippen LogP contribution >= 0.6 is 0 Å². The summed E-state index contributed by atoms with van der Waals surface area (Å²) >= 11 is 0. The van der Waals surface area contributed by atoms with Gasteiger partial charge in [-0.25, -0.2) is 0 Å². The van der Waals surface area contributed by atoms with Crippen LogP contribution in [-0.4, -0.2) is 35.8 Å². The van der Waals surface area contributed by atoms with Crippen LogP contribution in [0.25, 0.3) is 11.1 Å². The van der Waals surface area contributed by atoms with Gasteiger partial charge in [-0.05, 0) is 41.8 Å². The molecule has 0 aliphatic carbocycles. The number of ketones is 1. The molecule has 4 heteroatoms. The Labute approximate surface area is 160 Å². The van der Waals surface area contributed by atoms with Crippen LogP contribution in [0.5, 0.6) is 5.75 Å². The Hall–Kier alpha value is -2.88. The fourth-order valence-corrected chi connectivity index (χ4v) is 3.34. The number of rotatable bonds is 6. The van der Waals surface area contributed by atoms with E-state index >= 15 is 0 Å². The van der Waals surface area contributed by atoms with E-state index in [1.54, 1.807) is 6.92 Å². The molecule has 1 amide bonds. The number of carbonyl (C=O) groups excluding carboxylic acids is 2. The van der Waals surface area contributed by atoms with Gasteiger partial charge in [-0.3, -0.25) is 9.59 Å². The number of benzene rings is 2. The van der Waals surface area contributed by atoms with Gasteiger partial charge in [-0.2, -0.15) is 0 Å². The van der Waals surface area contributed by atoms with Crippen molar-refractivity contribution in [1.29, 1.82) is 0 Å². The predicted octanol–water partition coefficient (Wildman–Crippen LogP) is 4.04. The first-order valence-corrected chi connectivity index (χ1v) is 9.32. The highest BCUT2D eigenvalue weighted by molar-refractivity contribution is 5.87. The van der Waals surface area contributed by atoms with E-state index in [0.717, 1.165) is 35.3 Å². The molecule has 2 aromatic rings. The number of amides is 1. The van der Waals surface area contributed by atoms with E-state index in [0.29, 0.717) is 19.5 Å². The first-order valence-electron chi connectivity index (χ1n) is 9.32. The summed E-state index contributed by atoms with van der Waals surface area (Å²) in [6.45, 7) is 6.56. The Kier molecular flexibility index (Phi) is 6.07. The zero-order chi connectivity index (χ0) is 19.2. The van der Waals surface area contributed by atoms with Gasteiger partial charge in [0.25, 0.3) is 0 Å². The summed E-state index contributed by atoms with van der Waals surface area (Å²) in [5.74, 6) is 1.01. The molecule has 1 saturated heterocycles. The molecule has 1 fully saturated rings. The normalized spacial score (nSPS) is 14.6. The Balaban J connectivity index is 1.57. The number of piperidine rings is 1. The highest BCUT2D eigenvalue weighted by atomic mass is 16.5. The third-order valence-electron chi connectivity index (χ3n) is 4.83. The average molecular weight is 363 g/mol. The minimum Gasteiger partial charge on any atom is -0.490 e. The second-order valence-electron chi connectivity index (χ2n) is 6.95. The van der Waals surface area contributed by atoms with Crippen LogP contribution in [0.1, 0.15) is 25.3 Å². The maximum Gasteiger partial charge on any atom is 0.245 e. The van der Waals surface area contributed by atoms with Gasteiger partial charge >= 0.3 is 0 Å². The van der Waals surface area contributed by atoms with Gasteiger partial charge in [0.2, 0.25) is 5.91 Å². The summed E-state index contributed by atoms with van der Waals surface area (Å²) in [5.41, 5.74) is 3.26. The second kappa shape index (κ2) is 8.67. The van der Waals surface area contributed by atoms with Gasteiger partial charge in [0.05, 0.1) is 0 Å². The highest BCUT2D eigenvalue weighted by Gasteiger charge is 2.22. The Morgan fingerprint density at radius 2 is 1.59 bits per heavy atom. The lowest BCUT2D eigenvalue weighted by molar-refractivity contribution is -0.127. The van der Waals surface area contributed by atoms with Crippen molar-refractivity contribution in [2.75, 3.05) is 13.1 Å². The molecule has 0 atom stereocenters. The lowest BCUT2D eigenvalue weighted by atomic mass is 10.0. The lowest BCUT2D eigenvalue weighted by Gasteiger charge is -2.31. The van der Waals surface area contributed by atoms with Gasteiger partial charge in [0.15, 0.2) is 0 Å². The molecule has 0 saturated carbocycles. The molecule has 0 radical (unpaired) electrons. The van der Waals surface area contributed by atoms with Crippen LogP contribution < -0.4 is 4.74 Å². The van der Waals surface area contributed by atoms with E-state index in [9.17, 15) is 9.59 Å². The van der Waals surface area contributed by atoms with Crippen molar-refractivity contribution in [2.24, 2.45) is 0 Å². The topological polar surface area (TPSA) is 46.6 Å². The van der Waals surface area contributed by atoms with E-state index < -0.39 is 0 Å². The lowest BCUT2D eigenvalue weighted by Crippen LogP contribution is -2.41. The van der Waals surface area contributed by atoms with Crippen molar-refractivity contribution in [2.45, 2.75) is 32.3 Å². The minimum atomic E-state index is -0.00729. The van der Waals surface area contributed by atoms with Crippen LogP contribution in [0, 0.1) is 0 Å². The number of likely N-dealkylation sites (tertiary alicyclic amines) is 1. The molecule has 27 heavy (non-hydrogen) atoms. The molecule has 0 unspecified atom stereocenters. The number of nitrogens with zero attached hydrogens (tertiary/aromatic N) is 1. The standard InChI is InChI=1S/C23H25NO3/c1-3-23(26)24-14-12-22(13-15-24)27-21-10-8-20(9-11-21)19-6-4-18(5-7-19)16-17(2)25/h3-11,22H,1,12-16H2,2H3. The van der Waals surface area contributed by atoms with Crippen LogP contribution in [0.15, 0.2) is 61.2 Å². The molecule has 140 valence electrons. The van der Waals surface area contributed by atoms with Crippen molar-refractivity contribution in [3.8, 4) is 16.9 Å². The smallest absolute Gasteiger partial charge is 0.245 e.